The largest absolute Gasteiger partial charge is 0.464 e. The van der Waals surface area contributed by atoms with Gasteiger partial charge in [-0.25, -0.2) is 4.79 Å². The van der Waals surface area contributed by atoms with Gasteiger partial charge in [0, 0.05) is 6.92 Å². The molecule has 1 heterocycles. The molecule has 0 radical (unpaired) electrons. The predicted molar refractivity (Wildman–Crippen MR) is 47.0 cm³/mol. The van der Waals surface area contributed by atoms with Crippen LogP contribution in [0.4, 0.5) is 0 Å². The molecule has 0 aliphatic carbocycles. The minimum Gasteiger partial charge on any atom is -0.464 e. The van der Waals surface area contributed by atoms with Crippen molar-refractivity contribution in [3.63, 3.8) is 0 Å². The Morgan fingerprint density at radius 3 is 2.69 bits per heavy atom. The summed E-state index contributed by atoms with van der Waals surface area (Å²) in [5, 5.41) is 0. The standard InChI is InChI=1S/C9H15NO3/c1-3-4-5-13-9(12)8-6-10(8)7(2)11/h8H,3-6H2,1-2H3. The fourth-order valence-electron chi connectivity index (χ4n) is 1.10. The fourth-order valence-corrected chi connectivity index (χ4v) is 1.10. The highest BCUT2D eigenvalue weighted by molar-refractivity contribution is 5.88. The molecule has 4 nitrogen and oxygen atoms in total. The van der Waals surface area contributed by atoms with E-state index in [0.717, 1.165) is 12.8 Å². The monoisotopic (exact) mass is 185 g/mol. The Balaban J connectivity index is 2.16. The summed E-state index contributed by atoms with van der Waals surface area (Å²) in [6.07, 6.45) is 1.90. The van der Waals surface area contributed by atoms with Crippen molar-refractivity contribution in [3.8, 4) is 0 Å². The van der Waals surface area contributed by atoms with Crippen LogP contribution in [0.1, 0.15) is 26.7 Å². The van der Waals surface area contributed by atoms with Gasteiger partial charge >= 0.3 is 5.97 Å². The zero-order valence-electron chi connectivity index (χ0n) is 8.08. The lowest BCUT2D eigenvalue weighted by Crippen LogP contribution is -2.19. The summed E-state index contributed by atoms with van der Waals surface area (Å²) >= 11 is 0. The number of unbranched alkanes of at least 4 members (excludes halogenated alkanes) is 1. The Morgan fingerprint density at radius 1 is 1.54 bits per heavy atom. The van der Waals surface area contributed by atoms with Gasteiger partial charge < -0.3 is 9.64 Å². The van der Waals surface area contributed by atoms with Crippen LogP contribution in [0, 0.1) is 0 Å². The number of nitrogens with zero attached hydrogens (tertiary/aromatic N) is 1. The third-order valence-electron chi connectivity index (χ3n) is 2.03. The molecule has 0 N–H and O–H groups in total. The number of rotatable bonds is 4. The summed E-state index contributed by atoms with van der Waals surface area (Å²) < 4.78 is 4.95. The molecule has 1 amide bonds. The Bertz CT molecular complexity index is 215. The van der Waals surface area contributed by atoms with E-state index in [-0.39, 0.29) is 17.9 Å². The summed E-state index contributed by atoms with van der Waals surface area (Å²) in [5.41, 5.74) is 0. The van der Waals surface area contributed by atoms with Gasteiger partial charge in [-0.1, -0.05) is 13.3 Å². The van der Waals surface area contributed by atoms with Gasteiger partial charge in [0.05, 0.1) is 13.2 Å². The molecule has 0 aromatic rings. The van der Waals surface area contributed by atoms with Crippen LogP contribution in [0.15, 0.2) is 0 Å². The van der Waals surface area contributed by atoms with Gasteiger partial charge in [0.2, 0.25) is 5.91 Å². The van der Waals surface area contributed by atoms with Crippen LogP contribution in [-0.2, 0) is 14.3 Å². The van der Waals surface area contributed by atoms with E-state index in [4.69, 9.17) is 4.74 Å². The molecule has 1 aliphatic rings. The van der Waals surface area contributed by atoms with Crippen LogP contribution >= 0.6 is 0 Å². The molecular formula is C9H15NO3. The molecule has 0 saturated carbocycles. The zero-order valence-corrected chi connectivity index (χ0v) is 8.08. The Hall–Kier alpha value is -1.06. The van der Waals surface area contributed by atoms with Crippen molar-refractivity contribution in [3.05, 3.63) is 0 Å². The highest BCUT2D eigenvalue weighted by Crippen LogP contribution is 2.18. The van der Waals surface area contributed by atoms with E-state index in [1.54, 1.807) is 0 Å². The van der Waals surface area contributed by atoms with E-state index < -0.39 is 0 Å². The molecule has 1 aliphatic heterocycles. The molecular weight excluding hydrogens is 170 g/mol. The van der Waals surface area contributed by atoms with Gasteiger partial charge in [-0.3, -0.25) is 4.79 Å². The maximum absolute atomic E-state index is 11.2. The van der Waals surface area contributed by atoms with Crippen molar-refractivity contribution >= 4 is 11.9 Å². The van der Waals surface area contributed by atoms with Crippen molar-refractivity contribution in [2.75, 3.05) is 13.2 Å². The molecule has 0 bridgehead atoms. The van der Waals surface area contributed by atoms with E-state index in [0.29, 0.717) is 13.2 Å². The lowest BCUT2D eigenvalue weighted by Gasteiger charge is -2.02. The van der Waals surface area contributed by atoms with Gasteiger partial charge in [-0.15, -0.1) is 0 Å². The Labute approximate surface area is 77.8 Å². The molecule has 0 aromatic carbocycles. The molecule has 13 heavy (non-hydrogen) atoms. The van der Waals surface area contributed by atoms with Crippen LogP contribution in [0.25, 0.3) is 0 Å². The first-order valence-corrected chi connectivity index (χ1v) is 4.60. The summed E-state index contributed by atoms with van der Waals surface area (Å²) in [4.78, 5) is 23.4. The third kappa shape index (κ3) is 2.72. The SMILES string of the molecule is CCCCOC(=O)C1CN1C(C)=O. The highest BCUT2D eigenvalue weighted by atomic mass is 16.5. The fraction of sp³-hybridized carbons (Fsp3) is 0.778. The lowest BCUT2D eigenvalue weighted by molar-refractivity contribution is -0.145. The van der Waals surface area contributed by atoms with Gasteiger partial charge in [-0.2, -0.15) is 0 Å². The van der Waals surface area contributed by atoms with Crippen LogP contribution in [0.3, 0.4) is 0 Å². The van der Waals surface area contributed by atoms with E-state index in [9.17, 15) is 9.59 Å². The first-order valence-electron chi connectivity index (χ1n) is 4.60. The second-order valence-corrected chi connectivity index (χ2v) is 3.21. The van der Waals surface area contributed by atoms with Gasteiger partial charge in [0.15, 0.2) is 0 Å². The van der Waals surface area contributed by atoms with Crippen LogP contribution in [-0.4, -0.2) is 36.0 Å². The average molecular weight is 185 g/mol. The predicted octanol–water partition coefficient (Wildman–Crippen LogP) is 0.560. The molecule has 1 saturated heterocycles. The number of ether oxygens (including phenoxy) is 1. The Kier molecular flexibility index (Phi) is 3.28. The second kappa shape index (κ2) is 4.25. The Morgan fingerprint density at radius 2 is 2.23 bits per heavy atom. The van der Waals surface area contributed by atoms with E-state index in [2.05, 4.69) is 0 Å². The molecule has 0 aromatic heterocycles. The summed E-state index contributed by atoms with van der Waals surface area (Å²) in [6.45, 7) is 4.49. The van der Waals surface area contributed by atoms with Gasteiger partial charge in [-0.05, 0) is 6.42 Å². The van der Waals surface area contributed by atoms with Crippen LogP contribution in [0.5, 0.6) is 0 Å². The zero-order chi connectivity index (χ0) is 9.84. The average Bonchev–Trinajstić information content (AvgIpc) is 2.83. The summed E-state index contributed by atoms with van der Waals surface area (Å²) in [6, 6.07) is -0.297. The molecule has 1 fully saturated rings. The van der Waals surface area contributed by atoms with Crippen molar-refractivity contribution < 1.29 is 14.3 Å². The molecule has 0 spiro atoms. The number of hydrogen-bond acceptors (Lipinski definition) is 3. The van der Waals surface area contributed by atoms with Crippen molar-refractivity contribution in [2.24, 2.45) is 0 Å². The molecule has 1 unspecified atom stereocenters. The molecule has 1 atom stereocenters. The first kappa shape index (κ1) is 10.0. The molecule has 1 rings (SSSR count). The van der Waals surface area contributed by atoms with Crippen LogP contribution < -0.4 is 0 Å². The molecule has 4 heteroatoms. The smallest absolute Gasteiger partial charge is 0.330 e. The lowest BCUT2D eigenvalue weighted by atomic mass is 10.4. The van der Waals surface area contributed by atoms with E-state index in [1.165, 1.54) is 11.8 Å². The number of carbonyl (C=O) groups excluding carboxylic acids is 2. The van der Waals surface area contributed by atoms with E-state index in [1.807, 2.05) is 6.92 Å². The number of esters is 1. The topological polar surface area (TPSA) is 46.4 Å². The van der Waals surface area contributed by atoms with Crippen molar-refractivity contribution in [1.29, 1.82) is 0 Å². The summed E-state index contributed by atoms with van der Waals surface area (Å²) in [7, 11) is 0. The van der Waals surface area contributed by atoms with Crippen LogP contribution in [0.2, 0.25) is 0 Å². The highest BCUT2D eigenvalue weighted by Gasteiger charge is 2.43. The normalized spacial score (nSPS) is 19.8. The number of amides is 1. The maximum Gasteiger partial charge on any atom is 0.330 e. The third-order valence-corrected chi connectivity index (χ3v) is 2.03. The maximum atomic E-state index is 11.2. The van der Waals surface area contributed by atoms with E-state index >= 15 is 0 Å². The quantitative estimate of drug-likeness (QED) is 0.365. The van der Waals surface area contributed by atoms with Gasteiger partial charge in [0.1, 0.15) is 6.04 Å². The summed E-state index contributed by atoms with van der Waals surface area (Å²) in [5.74, 6) is -0.318. The first-order chi connectivity index (χ1) is 6.16. The van der Waals surface area contributed by atoms with Crippen molar-refractivity contribution in [2.45, 2.75) is 32.7 Å². The van der Waals surface area contributed by atoms with Crippen molar-refractivity contribution in [1.82, 2.24) is 4.90 Å². The number of carbonyl (C=O) groups is 2. The number of hydrogen-bond donors (Lipinski definition) is 0. The minimum atomic E-state index is -0.297. The molecule has 74 valence electrons. The minimum absolute atomic E-state index is 0.0579. The van der Waals surface area contributed by atoms with Gasteiger partial charge in [0.25, 0.3) is 0 Å². The second-order valence-electron chi connectivity index (χ2n) is 3.21.